The van der Waals surface area contributed by atoms with E-state index in [0.29, 0.717) is 37.3 Å². The summed E-state index contributed by atoms with van der Waals surface area (Å²) in [6.45, 7) is 8.65. The summed E-state index contributed by atoms with van der Waals surface area (Å²) in [5.74, 6) is -0.358. The van der Waals surface area contributed by atoms with Crippen LogP contribution in [0.25, 0.3) is 0 Å². The Balaban J connectivity index is 1.54. The first kappa shape index (κ1) is 25.9. The first-order chi connectivity index (χ1) is 16.5. The number of benzene rings is 1. The highest BCUT2D eigenvalue weighted by atomic mass is 16.6. The molecule has 3 rings (SSSR count). The molecule has 1 aromatic carbocycles. The van der Waals surface area contributed by atoms with E-state index in [2.05, 4.69) is 10.3 Å². The van der Waals surface area contributed by atoms with Crippen LogP contribution in [0.4, 0.5) is 4.79 Å². The number of hydrogen-bond donors (Lipinski definition) is 2. The molecule has 1 saturated heterocycles. The smallest absolute Gasteiger partial charge is 0.410 e. The molecule has 0 atom stereocenters. The van der Waals surface area contributed by atoms with Crippen molar-refractivity contribution in [2.75, 3.05) is 26.2 Å². The minimum atomic E-state index is -0.594. The lowest BCUT2D eigenvalue weighted by atomic mass is 10.0. The average Bonchev–Trinajstić information content (AvgIpc) is 2.79. The van der Waals surface area contributed by atoms with E-state index in [1.165, 1.54) is 11.1 Å². The summed E-state index contributed by atoms with van der Waals surface area (Å²) in [6.07, 6.45) is 3.40. The Morgan fingerprint density at radius 2 is 1.77 bits per heavy atom. The van der Waals surface area contributed by atoms with Crippen LogP contribution >= 0.6 is 0 Å². The maximum atomic E-state index is 12.6. The molecule has 9 nitrogen and oxygen atoms in total. The Kier molecular flexibility index (Phi) is 8.22. The van der Waals surface area contributed by atoms with Crippen LogP contribution in [0.1, 0.15) is 54.7 Å². The van der Waals surface area contributed by atoms with Gasteiger partial charge in [-0.3, -0.25) is 19.5 Å². The summed E-state index contributed by atoms with van der Waals surface area (Å²) in [4.78, 5) is 44.4. The van der Waals surface area contributed by atoms with E-state index in [-0.39, 0.29) is 24.9 Å². The molecule has 9 heteroatoms. The zero-order valence-corrected chi connectivity index (χ0v) is 20.8. The second kappa shape index (κ2) is 11.1. The van der Waals surface area contributed by atoms with Gasteiger partial charge >= 0.3 is 6.09 Å². The maximum Gasteiger partial charge on any atom is 0.410 e. The first-order valence-electron chi connectivity index (χ1n) is 11.6. The van der Waals surface area contributed by atoms with E-state index in [4.69, 9.17) is 10.1 Å². The van der Waals surface area contributed by atoms with Gasteiger partial charge in [0.1, 0.15) is 12.1 Å². The first-order valence-corrected chi connectivity index (χ1v) is 11.6. The Labute approximate surface area is 206 Å². The number of nitrogens with zero attached hydrogens (tertiary/aromatic N) is 3. The summed E-state index contributed by atoms with van der Waals surface area (Å²) in [5, 5.41) is 10.1. The molecule has 35 heavy (non-hydrogen) atoms. The minimum absolute atomic E-state index is 0.0172. The number of ether oxygens (including phenoxy) is 1. The highest BCUT2D eigenvalue weighted by Gasteiger charge is 2.30. The van der Waals surface area contributed by atoms with Gasteiger partial charge in [0.05, 0.1) is 12.1 Å². The molecule has 0 bridgehead atoms. The number of aromatic nitrogens is 1. The third-order valence-corrected chi connectivity index (χ3v) is 5.35. The summed E-state index contributed by atoms with van der Waals surface area (Å²) in [5.41, 5.74) is 3.22. The molecular weight excluding hydrogens is 446 g/mol. The number of rotatable bonds is 7. The second-order valence-electron chi connectivity index (χ2n) is 9.76. The van der Waals surface area contributed by atoms with Crippen molar-refractivity contribution in [1.29, 1.82) is 5.41 Å². The predicted molar refractivity (Wildman–Crippen MR) is 132 cm³/mol. The SMILES string of the molecule is CC(=N)CNC(=O)c1cncc(Cc2ccc(CN3CCN(C(=O)OC(C)(C)C)CC3=O)cc2)c1. The average molecular weight is 480 g/mol. The minimum Gasteiger partial charge on any atom is -0.444 e. The molecule has 0 spiro atoms. The maximum absolute atomic E-state index is 12.6. The summed E-state index contributed by atoms with van der Waals surface area (Å²) in [7, 11) is 0. The van der Waals surface area contributed by atoms with Gasteiger partial charge in [-0.1, -0.05) is 24.3 Å². The van der Waals surface area contributed by atoms with Gasteiger partial charge in [0, 0.05) is 37.7 Å². The van der Waals surface area contributed by atoms with Gasteiger partial charge < -0.3 is 20.4 Å². The zero-order valence-electron chi connectivity index (χ0n) is 20.8. The highest BCUT2D eigenvalue weighted by Crippen LogP contribution is 2.16. The highest BCUT2D eigenvalue weighted by molar-refractivity contribution is 5.96. The Hall–Kier alpha value is -3.75. The molecule has 2 N–H and O–H groups in total. The molecular formula is C26H33N5O4. The number of carbonyl (C=O) groups is 3. The zero-order chi connectivity index (χ0) is 25.6. The normalized spacial score (nSPS) is 14.0. The van der Waals surface area contributed by atoms with Crippen LogP contribution in [-0.2, 0) is 22.5 Å². The molecule has 0 saturated carbocycles. The number of hydrogen-bond acceptors (Lipinski definition) is 6. The van der Waals surface area contributed by atoms with Crippen molar-refractivity contribution in [1.82, 2.24) is 20.1 Å². The van der Waals surface area contributed by atoms with Crippen LogP contribution in [0.5, 0.6) is 0 Å². The third kappa shape index (κ3) is 7.91. The lowest BCUT2D eigenvalue weighted by Gasteiger charge is -2.35. The van der Waals surface area contributed by atoms with Crippen LogP contribution in [0.3, 0.4) is 0 Å². The van der Waals surface area contributed by atoms with Gasteiger partial charge in [-0.25, -0.2) is 4.79 Å². The molecule has 0 radical (unpaired) electrons. The van der Waals surface area contributed by atoms with E-state index in [0.717, 1.165) is 16.7 Å². The topological polar surface area (TPSA) is 116 Å². The molecule has 2 aromatic rings. The van der Waals surface area contributed by atoms with Crippen molar-refractivity contribution in [2.24, 2.45) is 0 Å². The summed E-state index contributed by atoms with van der Waals surface area (Å²) < 4.78 is 5.36. The van der Waals surface area contributed by atoms with E-state index in [1.54, 1.807) is 44.9 Å². The Morgan fingerprint density at radius 1 is 1.09 bits per heavy atom. The van der Waals surface area contributed by atoms with Crippen molar-refractivity contribution >= 4 is 23.6 Å². The number of pyridine rings is 1. The van der Waals surface area contributed by atoms with E-state index < -0.39 is 11.7 Å². The van der Waals surface area contributed by atoms with Crippen LogP contribution < -0.4 is 5.32 Å². The Bertz CT molecular complexity index is 1090. The van der Waals surface area contributed by atoms with Crippen molar-refractivity contribution in [3.05, 3.63) is 65.0 Å². The number of amides is 3. The van der Waals surface area contributed by atoms with Gasteiger partial charge in [0.2, 0.25) is 5.91 Å². The predicted octanol–water partition coefficient (Wildman–Crippen LogP) is 3.02. The number of carbonyl (C=O) groups excluding carboxylic acids is 3. The number of nitrogens with one attached hydrogen (secondary N) is 2. The van der Waals surface area contributed by atoms with Crippen molar-refractivity contribution in [3.8, 4) is 0 Å². The van der Waals surface area contributed by atoms with Gasteiger partial charge in [-0.05, 0) is 56.9 Å². The van der Waals surface area contributed by atoms with Gasteiger partial charge in [-0.2, -0.15) is 0 Å². The molecule has 1 fully saturated rings. The van der Waals surface area contributed by atoms with Gasteiger partial charge in [0.25, 0.3) is 5.91 Å². The molecule has 3 amide bonds. The van der Waals surface area contributed by atoms with Crippen molar-refractivity contribution < 1.29 is 19.1 Å². The third-order valence-electron chi connectivity index (χ3n) is 5.35. The quantitative estimate of drug-likeness (QED) is 0.592. The van der Waals surface area contributed by atoms with E-state index >= 15 is 0 Å². The van der Waals surface area contributed by atoms with Gasteiger partial charge in [0.15, 0.2) is 0 Å². The largest absolute Gasteiger partial charge is 0.444 e. The van der Waals surface area contributed by atoms with Crippen LogP contribution in [0.2, 0.25) is 0 Å². The number of piperazine rings is 1. The van der Waals surface area contributed by atoms with Crippen LogP contribution in [0, 0.1) is 5.41 Å². The molecule has 1 aromatic heterocycles. The monoisotopic (exact) mass is 479 g/mol. The standard InChI is InChI=1S/C26H33N5O4/c1-18(27)13-29-24(33)22-12-21(14-28-15-22)11-19-5-7-20(8-6-19)16-30-9-10-31(17-23(30)32)25(34)35-26(2,3)4/h5-8,12,14-15,27H,9-11,13,16-17H2,1-4H3,(H,29,33). The Morgan fingerprint density at radius 3 is 2.40 bits per heavy atom. The van der Waals surface area contributed by atoms with Gasteiger partial charge in [-0.15, -0.1) is 0 Å². The van der Waals surface area contributed by atoms with Crippen LogP contribution in [0.15, 0.2) is 42.7 Å². The lowest BCUT2D eigenvalue weighted by molar-refractivity contribution is -0.136. The lowest BCUT2D eigenvalue weighted by Crippen LogP contribution is -2.52. The fourth-order valence-electron chi connectivity index (χ4n) is 3.60. The summed E-state index contributed by atoms with van der Waals surface area (Å²) in [6, 6.07) is 9.78. The fourth-order valence-corrected chi connectivity index (χ4v) is 3.60. The van der Waals surface area contributed by atoms with E-state index in [1.807, 2.05) is 24.3 Å². The molecule has 2 heterocycles. The molecule has 0 unspecified atom stereocenters. The molecule has 1 aliphatic heterocycles. The molecule has 1 aliphatic rings. The molecule has 186 valence electrons. The summed E-state index contributed by atoms with van der Waals surface area (Å²) >= 11 is 0. The van der Waals surface area contributed by atoms with Crippen LogP contribution in [-0.4, -0.2) is 70.2 Å². The molecule has 0 aliphatic carbocycles. The fraction of sp³-hybridized carbons (Fsp3) is 0.423. The van der Waals surface area contributed by atoms with Crippen molar-refractivity contribution in [3.63, 3.8) is 0 Å². The van der Waals surface area contributed by atoms with E-state index in [9.17, 15) is 14.4 Å². The second-order valence-corrected chi connectivity index (χ2v) is 9.76. The van der Waals surface area contributed by atoms with Crippen molar-refractivity contribution in [2.45, 2.75) is 46.3 Å².